The minimum atomic E-state index is -0.730. The molecule has 0 bridgehead atoms. The van der Waals surface area contributed by atoms with E-state index in [1.54, 1.807) is 32.2 Å². The number of benzene rings is 1. The SMILES string of the molecule is COc1cc(CNC(C)CCS(C)=O)c(SC)cc1OC. The van der Waals surface area contributed by atoms with Gasteiger partial charge in [0.05, 0.1) is 14.2 Å². The van der Waals surface area contributed by atoms with E-state index in [2.05, 4.69) is 18.5 Å². The molecule has 120 valence electrons. The molecule has 0 radical (unpaired) electrons. The Labute approximate surface area is 134 Å². The average molecular weight is 332 g/mol. The lowest BCUT2D eigenvalue weighted by Gasteiger charge is -2.17. The van der Waals surface area contributed by atoms with Crippen molar-refractivity contribution in [2.75, 3.05) is 32.5 Å². The molecular weight excluding hydrogens is 306 g/mol. The molecular formula is C15H25NO3S2. The minimum Gasteiger partial charge on any atom is -0.493 e. The Balaban J connectivity index is 2.75. The van der Waals surface area contributed by atoms with E-state index >= 15 is 0 Å². The molecule has 0 aromatic heterocycles. The van der Waals surface area contributed by atoms with Crippen LogP contribution in [0.15, 0.2) is 17.0 Å². The molecule has 0 heterocycles. The van der Waals surface area contributed by atoms with Gasteiger partial charge in [0, 0.05) is 40.3 Å². The van der Waals surface area contributed by atoms with Crippen molar-refractivity contribution in [2.45, 2.75) is 30.8 Å². The van der Waals surface area contributed by atoms with Gasteiger partial charge in [-0.15, -0.1) is 11.8 Å². The third-order valence-corrected chi connectivity index (χ3v) is 4.90. The Morgan fingerprint density at radius 3 is 2.43 bits per heavy atom. The molecule has 0 aliphatic rings. The Morgan fingerprint density at radius 2 is 1.90 bits per heavy atom. The molecule has 2 atom stereocenters. The van der Waals surface area contributed by atoms with E-state index in [1.807, 2.05) is 12.1 Å². The summed E-state index contributed by atoms with van der Waals surface area (Å²) in [7, 11) is 2.56. The van der Waals surface area contributed by atoms with E-state index in [0.29, 0.717) is 6.04 Å². The van der Waals surface area contributed by atoms with Crippen LogP contribution in [-0.4, -0.2) is 42.7 Å². The van der Waals surface area contributed by atoms with Crippen LogP contribution < -0.4 is 14.8 Å². The third kappa shape index (κ3) is 5.88. The molecule has 2 unspecified atom stereocenters. The molecule has 1 aromatic rings. The maximum Gasteiger partial charge on any atom is 0.161 e. The van der Waals surface area contributed by atoms with E-state index in [4.69, 9.17) is 9.47 Å². The highest BCUT2D eigenvalue weighted by Crippen LogP contribution is 2.34. The van der Waals surface area contributed by atoms with Gasteiger partial charge in [0.25, 0.3) is 0 Å². The lowest BCUT2D eigenvalue weighted by molar-refractivity contribution is 0.353. The standard InChI is InChI=1S/C15H25NO3S2/c1-11(6-7-21(5)17)16-10-12-8-13(18-2)14(19-3)9-15(12)20-4/h8-9,11,16H,6-7,10H2,1-5H3. The van der Waals surface area contributed by atoms with Crippen molar-refractivity contribution in [3.05, 3.63) is 17.7 Å². The average Bonchev–Trinajstić information content (AvgIpc) is 2.49. The Morgan fingerprint density at radius 1 is 1.29 bits per heavy atom. The number of thioether (sulfide) groups is 1. The molecule has 1 aromatic carbocycles. The maximum atomic E-state index is 11.1. The van der Waals surface area contributed by atoms with Crippen LogP contribution in [0.4, 0.5) is 0 Å². The summed E-state index contributed by atoms with van der Waals surface area (Å²) in [6.45, 7) is 2.88. The summed E-state index contributed by atoms with van der Waals surface area (Å²) in [6, 6.07) is 4.35. The monoisotopic (exact) mass is 331 g/mol. The highest BCUT2D eigenvalue weighted by Gasteiger charge is 2.11. The van der Waals surface area contributed by atoms with Crippen molar-refractivity contribution in [1.82, 2.24) is 5.32 Å². The van der Waals surface area contributed by atoms with Gasteiger partial charge in [-0.1, -0.05) is 0 Å². The maximum absolute atomic E-state index is 11.1. The topological polar surface area (TPSA) is 47.6 Å². The van der Waals surface area contributed by atoms with Crippen molar-refractivity contribution < 1.29 is 13.7 Å². The molecule has 1 N–H and O–H groups in total. The largest absolute Gasteiger partial charge is 0.493 e. The van der Waals surface area contributed by atoms with Gasteiger partial charge in [-0.05, 0) is 37.3 Å². The van der Waals surface area contributed by atoms with E-state index in [9.17, 15) is 4.21 Å². The lowest BCUT2D eigenvalue weighted by atomic mass is 10.1. The lowest BCUT2D eigenvalue weighted by Crippen LogP contribution is -2.27. The van der Waals surface area contributed by atoms with Crippen LogP contribution in [0.2, 0.25) is 0 Å². The number of methoxy groups -OCH3 is 2. The Bertz CT molecular complexity index is 480. The summed E-state index contributed by atoms with van der Waals surface area (Å²) in [5, 5.41) is 3.47. The summed E-state index contributed by atoms with van der Waals surface area (Å²) in [5.74, 6) is 2.23. The van der Waals surface area contributed by atoms with Crippen LogP contribution in [0, 0.1) is 0 Å². The van der Waals surface area contributed by atoms with Crippen molar-refractivity contribution in [3.8, 4) is 11.5 Å². The van der Waals surface area contributed by atoms with Crippen molar-refractivity contribution >= 4 is 22.6 Å². The quantitative estimate of drug-likeness (QED) is 0.705. The molecule has 0 saturated heterocycles. The first-order valence-electron chi connectivity index (χ1n) is 6.84. The van der Waals surface area contributed by atoms with Crippen LogP contribution in [-0.2, 0) is 17.3 Å². The second kappa shape index (κ2) is 9.33. The molecule has 21 heavy (non-hydrogen) atoms. The first kappa shape index (κ1) is 18.3. The molecule has 0 fully saturated rings. The van der Waals surface area contributed by atoms with Gasteiger partial charge in [-0.3, -0.25) is 4.21 Å². The summed E-state index contributed by atoms with van der Waals surface area (Å²) < 4.78 is 21.8. The smallest absolute Gasteiger partial charge is 0.161 e. The predicted molar refractivity (Wildman–Crippen MR) is 91.2 cm³/mol. The van der Waals surface area contributed by atoms with Gasteiger partial charge in [0.2, 0.25) is 0 Å². The zero-order chi connectivity index (χ0) is 15.8. The van der Waals surface area contributed by atoms with Gasteiger partial charge in [0.1, 0.15) is 0 Å². The van der Waals surface area contributed by atoms with E-state index in [1.165, 1.54) is 10.5 Å². The van der Waals surface area contributed by atoms with Crippen LogP contribution in [0.3, 0.4) is 0 Å². The molecule has 6 heteroatoms. The number of hydrogen-bond acceptors (Lipinski definition) is 5. The van der Waals surface area contributed by atoms with Gasteiger partial charge < -0.3 is 14.8 Å². The number of rotatable bonds is 9. The normalized spacial score (nSPS) is 13.8. The summed E-state index contributed by atoms with van der Waals surface area (Å²) >= 11 is 1.69. The summed E-state index contributed by atoms with van der Waals surface area (Å²) in [6.07, 6.45) is 4.70. The molecule has 0 aliphatic carbocycles. The van der Waals surface area contributed by atoms with E-state index in [0.717, 1.165) is 30.2 Å². The first-order valence-corrected chi connectivity index (χ1v) is 9.79. The first-order chi connectivity index (χ1) is 10.0. The summed E-state index contributed by atoms with van der Waals surface area (Å²) in [4.78, 5) is 1.17. The Hall–Kier alpha value is -0.720. The van der Waals surface area contributed by atoms with Gasteiger partial charge in [-0.2, -0.15) is 0 Å². The molecule has 1 rings (SSSR count). The second-order valence-electron chi connectivity index (χ2n) is 4.87. The van der Waals surface area contributed by atoms with Crippen molar-refractivity contribution in [3.63, 3.8) is 0 Å². The second-order valence-corrected chi connectivity index (χ2v) is 7.27. The van der Waals surface area contributed by atoms with E-state index in [-0.39, 0.29) is 0 Å². The predicted octanol–water partition coefficient (Wildman–Crippen LogP) is 2.67. The zero-order valence-electron chi connectivity index (χ0n) is 13.4. The minimum absolute atomic E-state index is 0.330. The third-order valence-electron chi connectivity index (χ3n) is 3.27. The number of ether oxygens (including phenoxy) is 2. The number of hydrogen-bond donors (Lipinski definition) is 1. The van der Waals surface area contributed by atoms with Crippen LogP contribution >= 0.6 is 11.8 Å². The zero-order valence-corrected chi connectivity index (χ0v) is 15.0. The van der Waals surface area contributed by atoms with Crippen LogP contribution in [0.1, 0.15) is 18.9 Å². The molecule has 0 amide bonds. The fraction of sp³-hybridized carbons (Fsp3) is 0.600. The molecule has 4 nitrogen and oxygen atoms in total. The molecule has 0 spiro atoms. The number of nitrogens with one attached hydrogen (secondary N) is 1. The van der Waals surface area contributed by atoms with Gasteiger partial charge in [-0.25, -0.2) is 0 Å². The van der Waals surface area contributed by atoms with Gasteiger partial charge >= 0.3 is 0 Å². The van der Waals surface area contributed by atoms with Crippen molar-refractivity contribution in [2.24, 2.45) is 0 Å². The van der Waals surface area contributed by atoms with Crippen LogP contribution in [0.25, 0.3) is 0 Å². The van der Waals surface area contributed by atoms with Crippen molar-refractivity contribution in [1.29, 1.82) is 0 Å². The Kier molecular flexibility index (Phi) is 8.14. The highest BCUT2D eigenvalue weighted by molar-refractivity contribution is 7.98. The summed E-state index contributed by atoms with van der Waals surface area (Å²) in [5.41, 5.74) is 1.18. The van der Waals surface area contributed by atoms with Crippen LogP contribution in [0.5, 0.6) is 11.5 Å². The van der Waals surface area contributed by atoms with Gasteiger partial charge in [0.15, 0.2) is 11.5 Å². The fourth-order valence-electron chi connectivity index (χ4n) is 1.96. The molecule has 0 saturated carbocycles. The highest BCUT2D eigenvalue weighted by atomic mass is 32.2. The van der Waals surface area contributed by atoms with E-state index < -0.39 is 10.8 Å². The molecule has 0 aliphatic heterocycles. The fourth-order valence-corrected chi connectivity index (χ4v) is 3.26.